The molecule has 29 nitrogen and oxygen atoms in total. The van der Waals surface area contributed by atoms with Crippen molar-refractivity contribution in [3.05, 3.63) is 0 Å². The van der Waals surface area contributed by atoms with Gasteiger partial charge in [0.1, 0.15) is 0 Å². The molecule has 0 aromatic rings. The van der Waals surface area contributed by atoms with Crippen LogP contribution < -0.4 is 0 Å². The third kappa shape index (κ3) is 41.4. The first kappa shape index (κ1) is 79.3. The molecule has 2 atom stereocenters. The van der Waals surface area contributed by atoms with Gasteiger partial charge in [-0.2, -0.15) is 33.7 Å². The van der Waals surface area contributed by atoms with Gasteiger partial charge in [0.15, 0.2) is 0 Å². The molecule has 0 fully saturated rings. The Morgan fingerprint density at radius 1 is 0.423 bits per heavy atom. The van der Waals surface area contributed by atoms with E-state index in [-0.39, 0.29) is 176 Å². The highest BCUT2D eigenvalue weighted by molar-refractivity contribution is 7.86. The molecule has 0 aliphatic carbocycles. The van der Waals surface area contributed by atoms with Crippen molar-refractivity contribution in [2.75, 3.05) is 128 Å². The Hall–Kier alpha value is 1.35. The molecule has 0 amide bonds. The van der Waals surface area contributed by atoms with Gasteiger partial charge in [-0.3, -0.25) is 28.0 Å². The van der Waals surface area contributed by atoms with Crippen molar-refractivity contribution in [1.82, 2.24) is 19.6 Å². The van der Waals surface area contributed by atoms with E-state index in [0.717, 1.165) is 0 Å². The lowest BCUT2D eigenvalue weighted by atomic mass is 10.2. The van der Waals surface area contributed by atoms with Crippen LogP contribution in [0.3, 0.4) is 0 Å². The van der Waals surface area contributed by atoms with Gasteiger partial charge in [-0.15, -0.1) is 0 Å². The molecule has 0 aliphatic heterocycles. The molecule has 0 rings (SSSR count). The van der Waals surface area contributed by atoms with Crippen molar-refractivity contribution in [2.45, 2.75) is 89.0 Å². The average Bonchev–Trinajstić information content (AvgIpc) is 3.33. The monoisotopic (exact) mass is 1380 g/mol. The van der Waals surface area contributed by atoms with Crippen LogP contribution in [0.15, 0.2) is 0 Å². The van der Waals surface area contributed by atoms with Crippen LogP contribution in [0.5, 0.6) is 0 Å². The van der Waals surface area contributed by atoms with Gasteiger partial charge in [0.2, 0.25) is 81.0 Å². The maximum Gasteiger partial charge on any atom is 0.639 e. The molecule has 0 aliphatic rings. The van der Waals surface area contributed by atoms with Gasteiger partial charge in [-0.1, -0.05) is 0 Å². The SMILES string of the molecule is C[Si]O[Si](CCCOCC(O)CN(CCCS(=O)(=O)O)CCN(CCCS(=O)(=O)O)CCN(CCCS(=O)(=O)O)CCN(CCCS(=O)(=O)O)CC(O)COCCC[Si](O[Si]C)(O[Si]C)O[Si](O[Si])(O[Si])O[Si]C)(O[Si])O[Si]. The Balaban J connectivity index is 6.27. The standard InChI is InChI=1S/C34H76N4O25S4Si11/c1-72-59-76(55-68,56-69)27-9-21-53-31-33(39)29-37(13-7-25-66(47,48)49)19-17-35(11-5-23-64(41,42)43)15-16-36(12-6-24-65(44,45)46)18-20-38(14-8-26-67(50,51)52)30-34(40)32-54-22-10-28-77(60-73-2,61-74-3)63-78(57-70,58-71)62-75-4/h33-34,39-40H,5-32H2,1-4H3,(H,41,42,43)(H,44,45,46)(H,47,48,49)(H,50,51,52). The second-order valence-corrected chi connectivity index (χ2v) is 37.1. The Bertz CT molecular complexity index is 2000. The minimum Gasteiger partial charge on any atom is -0.416 e. The molecular weight excluding hydrogens is 1300 g/mol. The average molecular weight is 1380 g/mol. The molecule has 0 saturated heterocycles. The van der Waals surface area contributed by atoms with E-state index < -0.39 is 102 Å². The Morgan fingerprint density at radius 2 is 0.718 bits per heavy atom. The van der Waals surface area contributed by atoms with Crippen LogP contribution in [-0.2, 0) is 87.0 Å². The summed E-state index contributed by atoms with van der Waals surface area (Å²) < 4.78 is 194. The van der Waals surface area contributed by atoms with Crippen LogP contribution in [-0.4, -0.2) is 330 Å². The molecule has 2 unspecified atom stereocenters. The fourth-order valence-corrected chi connectivity index (χ4v) is 25.6. The summed E-state index contributed by atoms with van der Waals surface area (Å²) in [4.78, 5) is 7.23. The van der Waals surface area contributed by atoms with E-state index in [0.29, 0.717) is 18.9 Å². The van der Waals surface area contributed by atoms with Gasteiger partial charge in [-0.25, -0.2) is 0 Å². The summed E-state index contributed by atoms with van der Waals surface area (Å²) in [6.45, 7) is 9.06. The van der Waals surface area contributed by atoms with Crippen molar-refractivity contribution >= 4 is 148 Å². The molecular formula is C34H76N4O25S4Si11. The Labute approximate surface area is 490 Å². The van der Waals surface area contributed by atoms with E-state index in [2.05, 4.69) is 41.9 Å². The lowest BCUT2D eigenvalue weighted by Crippen LogP contribution is -2.61. The van der Waals surface area contributed by atoms with Crippen LogP contribution in [0.4, 0.5) is 0 Å². The molecule has 450 valence electrons. The van der Waals surface area contributed by atoms with Gasteiger partial charge < -0.3 is 66.5 Å². The number of ether oxygens (including phenoxy) is 2. The number of hydrogen-bond donors (Lipinski definition) is 6. The topological polar surface area (TPSA) is 372 Å². The summed E-state index contributed by atoms with van der Waals surface area (Å²) in [6.07, 6.45) is -1.33. The highest BCUT2D eigenvalue weighted by atomic mass is 32.2. The zero-order valence-electron chi connectivity index (χ0n) is 44.3. The lowest BCUT2D eigenvalue weighted by molar-refractivity contribution is 0.0137. The van der Waals surface area contributed by atoms with E-state index >= 15 is 0 Å². The van der Waals surface area contributed by atoms with Crippen molar-refractivity contribution in [3.8, 4) is 0 Å². The summed E-state index contributed by atoms with van der Waals surface area (Å²) in [7, 11) is -15.6. The second-order valence-electron chi connectivity index (χ2n) is 17.1. The maximum atomic E-state index is 11.7. The van der Waals surface area contributed by atoms with E-state index in [1.165, 1.54) is 0 Å². The van der Waals surface area contributed by atoms with E-state index in [1.54, 1.807) is 29.4 Å². The molecule has 0 bridgehead atoms. The van der Waals surface area contributed by atoms with Crippen molar-refractivity contribution in [1.29, 1.82) is 0 Å². The Kier molecular flexibility index (Phi) is 43.8. The highest BCUT2D eigenvalue weighted by Gasteiger charge is 2.54. The van der Waals surface area contributed by atoms with Gasteiger partial charge in [0, 0.05) is 77.7 Å². The Morgan fingerprint density at radius 3 is 1.01 bits per heavy atom. The largest absolute Gasteiger partial charge is 0.639 e. The third-order valence-corrected chi connectivity index (χ3v) is 30.5. The summed E-state index contributed by atoms with van der Waals surface area (Å²) >= 11 is 0. The number of aliphatic hydroxyl groups excluding tert-OH is 2. The quantitative estimate of drug-likeness (QED) is 0.0194. The van der Waals surface area contributed by atoms with Gasteiger partial charge in [0.05, 0.1) is 48.4 Å². The first-order valence-corrected chi connectivity index (χ1v) is 43.4. The molecule has 0 spiro atoms. The van der Waals surface area contributed by atoms with Crippen LogP contribution in [0.1, 0.15) is 38.5 Å². The van der Waals surface area contributed by atoms with Crippen molar-refractivity contribution in [2.24, 2.45) is 0 Å². The van der Waals surface area contributed by atoms with E-state index in [9.17, 15) is 62.1 Å². The van der Waals surface area contributed by atoms with E-state index in [4.69, 9.17) is 46.5 Å². The van der Waals surface area contributed by atoms with Gasteiger partial charge >= 0.3 is 26.7 Å². The zero-order chi connectivity index (χ0) is 59.4. The first-order valence-electron chi connectivity index (χ1n) is 24.2. The predicted octanol–water partition coefficient (Wildman–Crippen LogP) is -3.69. The lowest BCUT2D eigenvalue weighted by Gasteiger charge is -2.36. The molecule has 0 aromatic carbocycles. The van der Waals surface area contributed by atoms with Crippen LogP contribution in [0, 0.1) is 0 Å². The summed E-state index contributed by atoms with van der Waals surface area (Å²) in [5.74, 6) is -2.25. The highest BCUT2D eigenvalue weighted by Crippen LogP contribution is 2.24. The molecule has 0 aromatic heterocycles. The molecule has 20 radical (unpaired) electrons. The first-order chi connectivity index (χ1) is 36.5. The summed E-state index contributed by atoms with van der Waals surface area (Å²) in [5, 5.41) is 22.1. The zero-order valence-corrected chi connectivity index (χ0v) is 58.6. The minimum atomic E-state index is -4.35. The van der Waals surface area contributed by atoms with Crippen LogP contribution in [0.2, 0.25) is 38.3 Å². The third-order valence-electron chi connectivity index (χ3n) is 10.6. The molecule has 0 saturated carbocycles. The number of rotatable bonds is 55. The normalized spacial score (nSPS) is 14.4. The number of hydrogen-bond acceptors (Lipinski definition) is 25. The fourth-order valence-electron chi connectivity index (χ4n) is 7.25. The van der Waals surface area contributed by atoms with E-state index in [1.807, 2.05) is 16.3 Å². The molecule has 78 heavy (non-hydrogen) atoms. The van der Waals surface area contributed by atoms with Crippen LogP contribution >= 0.6 is 0 Å². The molecule has 0 heterocycles. The van der Waals surface area contributed by atoms with Gasteiger partial charge in [-0.05, 0) is 90.9 Å². The summed E-state index contributed by atoms with van der Waals surface area (Å²) in [5.41, 5.74) is 0. The molecule has 44 heteroatoms. The molecule has 6 N–H and O–H groups in total. The smallest absolute Gasteiger partial charge is 0.416 e. The van der Waals surface area contributed by atoms with Gasteiger partial charge in [0.25, 0.3) is 40.5 Å². The number of aliphatic hydroxyl groups is 2. The number of nitrogens with zero attached hydrogens (tertiary/aromatic N) is 4. The second kappa shape index (κ2) is 43.0. The summed E-state index contributed by atoms with van der Waals surface area (Å²) in [6, 6.07) is 0.650. The minimum absolute atomic E-state index is 0.000943. The van der Waals surface area contributed by atoms with Crippen molar-refractivity contribution < 1.29 is 109 Å². The maximum absolute atomic E-state index is 11.7. The fraction of sp³-hybridized carbons (Fsp3) is 1.00. The van der Waals surface area contributed by atoms with Crippen LogP contribution in [0.25, 0.3) is 0 Å². The predicted molar refractivity (Wildman–Crippen MR) is 299 cm³/mol. The van der Waals surface area contributed by atoms with Crippen molar-refractivity contribution in [3.63, 3.8) is 0 Å².